The molecule has 29 heavy (non-hydrogen) atoms. The highest BCUT2D eigenvalue weighted by atomic mass is 19.1. The number of rotatable bonds is 4. The van der Waals surface area contributed by atoms with Crippen molar-refractivity contribution in [3.05, 3.63) is 70.9 Å². The number of hydrogen-bond donors (Lipinski definition) is 2. The van der Waals surface area contributed by atoms with Gasteiger partial charge in [-0.25, -0.2) is 4.39 Å². The van der Waals surface area contributed by atoms with Crippen molar-refractivity contribution in [2.75, 3.05) is 14.2 Å². The van der Waals surface area contributed by atoms with E-state index in [9.17, 15) is 9.65 Å². The van der Waals surface area contributed by atoms with Crippen molar-refractivity contribution in [1.82, 2.24) is 10.2 Å². The smallest absolute Gasteiger partial charge is 0.244 e. The number of methoxy groups -OCH3 is 2. The van der Waals surface area contributed by atoms with E-state index >= 15 is 0 Å². The number of nitrogens with zero attached hydrogens (tertiary/aromatic N) is 2. The van der Waals surface area contributed by atoms with Crippen LogP contribution < -0.4 is 19.9 Å². The lowest BCUT2D eigenvalue weighted by atomic mass is 9.83. The van der Waals surface area contributed by atoms with Crippen molar-refractivity contribution >= 4 is 0 Å². The van der Waals surface area contributed by atoms with E-state index in [2.05, 4.69) is 16.3 Å². The molecule has 0 aliphatic carbocycles. The molecule has 7 nitrogen and oxygen atoms in total. The summed E-state index contributed by atoms with van der Waals surface area (Å²) in [5.74, 6) is 0.419. The van der Waals surface area contributed by atoms with Gasteiger partial charge in [0, 0.05) is 5.56 Å². The number of aromatic amines is 1. The highest BCUT2D eigenvalue weighted by Gasteiger charge is 2.36. The summed E-state index contributed by atoms with van der Waals surface area (Å²) in [6.45, 7) is 0. The molecule has 3 aromatic rings. The van der Waals surface area contributed by atoms with Crippen LogP contribution in [0.15, 0.2) is 53.9 Å². The van der Waals surface area contributed by atoms with Gasteiger partial charge in [0.05, 0.1) is 31.4 Å². The van der Waals surface area contributed by atoms with Gasteiger partial charge in [0.1, 0.15) is 17.5 Å². The van der Waals surface area contributed by atoms with Crippen LogP contribution in [0.5, 0.6) is 17.4 Å². The fourth-order valence-corrected chi connectivity index (χ4v) is 3.45. The average Bonchev–Trinajstić information content (AvgIpc) is 3.16. The number of nitrogens with one attached hydrogen (secondary N) is 1. The zero-order valence-electron chi connectivity index (χ0n) is 15.7. The Kier molecular flexibility index (Phi) is 4.56. The van der Waals surface area contributed by atoms with Crippen LogP contribution in [0.4, 0.5) is 4.39 Å². The Labute approximate surface area is 166 Å². The fraction of sp³-hybridized carbons (Fsp3) is 0.143. The van der Waals surface area contributed by atoms with Crippen molar-refractivity contribution in [2.45, 2.75) is 5.92 Å². The SMILES string of the molecule is COc1ccc([C@@H]2C(C#N)=C(N)Oc3n[nH]c(-c4ccc(F)cc4)c32)cc1OC. The van der Waals surface area contributed by atoms with Crippen LogP contribution in [0.2, 0.25) is 0 Å². The Balaban J connectivity index is 1.93. The maximum Gasteiger partial charge on any atom is 0.244 e. The Morgan fingerprint density at radius 3 is 2.52 bits per heavy atom. The van der Waals surface area contributed by atoms with E-state index in [1.165, 1.54) is 19.2 Å². The monoisotopic (exact) mass is 392 g/mol. The standard InChI is InChI=1S/C21H17FN4O3/c1-27-15-8-5-12(9-16(15)28-2)17-14(10-23)20(24)29-21-18(17)19(25-26-21)11-3-6-13(22)7-4-11/h3-9,17H,24H2,1-2H3,(H,25,26)/t17-/m1/s1. The quantitative estimate of drug-likeness (QED) is 0.704. The summed E-state index contributed by atoms with van der Waals surface area (Å²) < 4.78 is 29.7. The first-order chi connectivity index (χ1) is 14.1. The summed E-state index contributed by atoms with van der Waals surface area (Å²) in [7, 11) is 3.08. The van der Waals surface area contributed by atoms with Crippen LogP contribution in [0.3, 0.4) is 0 Å². The lowest BCUT2D eigenvalue weighted by molar-refractivity contribution is 0.354. The second-order valence-corrected chi connectivity index (χ2v) is 6.36. The van der Waals surface area contributed by atoms with Gasteiger partial charge in [0.25, 0.3) is 0 Å². The Bertz CT molecular complexity index is 1150. The van der Waals surface area contributed by atoms with Crippen molar-refractivity contribution in [1.29, 1.82) is 5.26 Å². The Hall–Kier alpha value is -3.99. The number of fused-ring (bicyclic) bond motifs is 1. The van der Waals surface area contributed by atoms with Crippen LogP contribution in [-0.4, -0.2) is 24.4 Å². The molecule has 1 atom stereocenters. The van der Waals surface area contributed by atoms with E-state index in [0.717, 1.165) is 5.56 Å². The molecule has 3 N–H and O–H groups in total. The third-order valence-corrected chi connectivity index (χ3v) is 4.81. The highest BCUT2D eigenvalue weighted by molar-refractivity contribution is 5.71. The third kappa shape index (κ3) is 3.02. The van der Waals surface area contributed by atoms with Gasteiger partial charge < -0.3 is 19.9 Å². The summed E-state index contributed by atoms with van der Waals surface area (Å²) in [5, 5.41) is 16.9. The van der Waals surface area contributed by atoms with Crippen molar-refractivity contribution < 1.29 is 18.6 Å². The zero-order valence-corrected chi connectivity index (χ0v) is 15.7. The summed E-state index contributed by atoms with van der Waals surface area (Å²) in [5.41, 5.74) is 8.94. The summed E-state index contributed by atoms with van der Waals surface area (Å²) in [4.78, 5) is 0. The molecule has 0 saturated heterocycles. The Morgan fingerprint density at radius 1 is 1.14 bits per heavy atom. The van der Waals surface area contributed by atoms with Gasteiger partial charge in [-0.15, -0.1) is 5.10 Å². The van der Waals surface area contributed by atoms with Crippen molar-refractivity contribution in [2.24, 2.45) is 5.73 Å². The van der Waals surface area contributed by atoms with Gasteiger partial charge in [-0.2, -0.15) is 5.26 Å². The first-order valence-corrected chi connectivity index (χ1v) is 8.71. The predicted octanol–water partition coefficient (Wildman–Crippen LogP) is 3.45. The molecular formula is C21H17FN4O3. The Morgan fingerprint density at radius 2 is 1.86 bits per heavy atom. The maximum atomic E-state index is 13.4. The normalized spacial score (nSPS) is 15.3. The highest BCUT2D eigenvalue weighted by Crippen LogP contribution is 2.46. The zero-order chi connectivity index (χ0) is 20.5. The summed E-state index contributed by atoms with van der Waals surface area (Å²) in [6, 6.07) is 13.5. The molecule has 146 valence electrons. The first kappa shape index (κ1) is 18.4. The number of halogens is 1. The van der Waals surface area contributed by atoms with Crippen LogP contribution in [0.1, 0.15) is 17.0 Å². The molecule has 0 spiro atoms. The minimum absolute atomic E-state index is 0.0167. The summed E-state index contributed by atoms with van der Waals surface area (Å²) >= 11 is 0. The molecule has 1 aliphatic rings. The second kappa shape index (κ2) is 7.20. The van der Waals surface area contributed by atoms with Gasteiger partial charge in [-0.1, -0.05) is 6.07 Å². The molecule has 1 aromatic heterocycles. The van der Waals surface area contributed by atoms with Crippen LogP contribution in [0, 0.1) is 17.1 Å². The van der Waals surface area contributed by atoms with Gasteiger partial charge in [0.2, 0.25) is 11.8 Å². The van der Waals surface area contributed by atoms with E-state index in [-0.39, 0.29) is 23.2 Å². The van der Waals surface area contributed by atoms with Crippen molar-refractivity contribution in [3.63, 3.8) is 0 Å². The molecule has 2 aromatic carbocycles. The molecule has 0 fully saturated rings. The average molecular weight is 392 g/mol. The van der Waals surface area contributed by atoms with E-state index in [4.69, 9.17) is 19.9 Å². The molecule has 0 saturated carbocycles. The fourth-order valence-electron chi connectivity index (χ4n) is 3.45. The number of ether oxygens (including phenoxy) is 3. The lowest BCUT2D eigenvalue weighted by Gasteiger charge is -2.24. The van der Waals surface area contributed by atoms with E-state index < -0.39 is 5.92 Å². The molecule has 1 aliphatic heterocycles. The topological polar surface area (TPSA) is 106 Å². The lowest BCUT2D eigenvalue weighted by Crippen LogP contribution is -2.21. The number of allylic oxidation sites excluding steroid dienone is 1. The van der Waals surface area contributed by atoms with E-state index in [0.29, 0.717) is 28.3 Å². The molecule has 4 rings (SSSR count). The second-order valence-electron chi connectivity index (χ2n) is 6.36. The maximum absolute atomic E-state index is 13.4. The van der Waals surface area contributed by atoms with Gasteiger partial charge in [0.15, 0.2) is 11.5 Å². The van der Waals surface area contributed by atoms with Crippen molar-refractivity contribution in [3.8, 4) is 34.7 Å². The van der Waals surface area contributed by atoms with Gasteiger partial charge >= 0.3 is 0 Å². The first-order valence-electron chi connectivity index (χ1n) is 8.71. The molecule has 8 heteroatoms. The molecule has 0 amide bonds. The minimum atomic E-state index is -0.553. The summed E-state index contributed by atoms with van der Waals surface area (Å²) in [6.07, 6.45) is 0. The van der Waals surface area contributed by atoms with E-state index in [1.54, 1.807) is 31.4 Å². The molecule has 2 heterocycles. The largest absolute Gasteiger partial charge is 0.493 e. The number of H-pyrrole nitrogens is 1. The van der Waals surface area contributed by atoms with E-state index in [1.807, 2.05) is 6.07 Å². The van der Waals surface area contributed by atoms with Crippen LogP contribution >= 0.6 is 0 Å². The molecule has 0 unspecified atom stereocenters. The molecule has 0 bridgehead atoms. The number of nitriles is 1. The molecular weight excluding hydrogens is 375 g/mol. The number of benzene rings is 2. The number of nitrogens with two attached hydrogens (primary N) is 1. The predicted molar refractivity (Wildman–Crippen MR) is 103 cm³/mol. The van der Waals surface area contributed by atoms with Gasteiger partial charge in [-0.3, -0.25) is 5.10 Å². The molecule has 0 radical (unpaired) electrons. The van der Waals surface area contributed by atoms with Crippen LogP contribution in [0.25, 0.3) is 11.3 Å². The minimum Gasteiger partial charge on any atom is -0.493 e. The van der Waals surface area contributed by atoms with Gasteiger partial charge in [-0.05, 0) is 42.0 Å². The van der Waals surface area contributed by atoms with Crippen LogP contribution in [-0.2, 0) is 0 Å². The number of aromatic nitrogens is 2. The third-order valence-electron chi connectivity index (χ3n) is 4.81. The number of hydrogen-bond acceptors (Lipinski definition) is 6.